The highest BCUT2D eigenvalue weighted by molar-refractivity contribution is 5.76. The van der Waals surface area contributed by atoms with E-state index in [0.717, 1.165) is 22.4 Å². The van der Waals surface area contributed by atoms with Crippen LogP contribution in [0.4, 0.5) is 0 Å². The standard InChI is InChI=1S/C18H21NO3/c1-22-17-8-4-5-14(11-17)9-10-18(21)19-12-15-6-2-3-7-16(15)13-20/h2-8,11,20H,9-10,12-13H2,1H3,(H,19,21). The van der Waals surface area contributed by atoms with Gasteiger partial charge in [0.1, 0.15) is 5.75 Å². The Morgan fingerprint density at radius 2 is 1.91 bits per heavy atom. The zero-order chi connectivity index (χ0) is 15.8. The Balaban J connectivity index is 1.83. The van der Waals surface area contributed by atoms with Gasteiger partial charge in [-0.2, -0.15) is 0 Å². The Morgan fingerprint density at radius 1 is 1.14 bits per heavy atom. The van der Waals surface area contributed by atoms with E-state index in [2.05, 4.69) is 5.32 Å². The molecule has 22 heavy (non-hydrogen) atoms. The summed E-state index contributed by atoms with van der Waals surface area (Å²) >= 11 is 0. The number of amides is 1. The van der Waals surface area contributed by atoms with Gasteiger partial charge in [0.2, 0.25) is 5.91 Å². The molecule has 0 aliphatic carbocycles. The highest BCUT2D eigenvalue weighted by Crippen LogP contribution is 2.14. The normalized spacial score (nSPS) is 10.3. The number of carbonyl (C=O) groups is 1. The van der Waals surface area contributed by atoms with Crippen molar-refractivity contribution in [1.82, 2.24) is 5.32 Å². The predicted molar refractivity (Wildman–Crippen MR) is 85.5 cm³/mol. The second-order valence-corrected chi connectivity index (χ2v) is 5.06. The van der Waals surface area contributed by atoms with Crippen molar-refractivity contribution in [3.05, 3.63) is 65.2 Å². The van der Waals surface area contributed by atoms with E-state index in [4.69, 9.17) is 4.74 Å². The highest BCUT2D eigenvalue weighted by Gasteiger charge is 2.05. The molecule has 0 aromatic heterocycles. The minimum atomic E-state index is -0.0180. The van der Waals surface area contributed by atoms with Crippen molar-refractivity contribution in [2.45, 2.75) is 26.0 Å². The molecule has 0 aliphatic heterocycles. The van der Waals surface area contributed by atoms with Crippen molar-refractivity contribution in [3.63, 3.8) is 0 Å². The van der Waals surface area contributed by atoms with Crippen molar-refractivity contribution in [2.24, 2.45) is 0 Å². The zero-order valence-corrected chi connectivity index (χ0v) is 12.7. The molecule has 0 saturated carbocycles. The number of benzene rings is 2. The fraction of sp³-hybridized carbons (Fsp3) is 0.278. The smallest absolute Gasteiger partial charge is 0.220 e. The van der Waals surface area contributed by atoms with Crippen LogP contribution in [0.15, 0.2) is 48.5 Å². The molecule has 2 rings (SSSR count). The summed E-state index contributed by atoms with van der Waals surface area (Å²) in [5, 5.41) is 12.2. The summed E-state index contributed by atoms with van der Waals surface area (Å²) in [6.07, 6.45) is 1.10. The largest absolute Gasteiger partial charge is 0.497 e. The zero-order valence-electron chi connectivity index (χ0n) is 12.7. The van der Waals surface area contributed by atoms with Crippen LogP contribution in [-0.4, -0.2) is 18.1 Å². The molecule has 0 spiro atoms. The Morgan fingerprint density at radius 3 is 2.64 bits per heavy atom. The molecule has 2 aromatic rings. The molecule has 1 amide bonds. The lowest BCUT2D eigenvalue weighted by Crippen LogP contribution is -2.23. The molecule has 0 heterocycles. The van der Waals surface area contributed by atoms with Gasteiger partial charge in [0.05, 0.1) is 13.7 Å². The molecule has 0 unspecified atom stereocenters. The van der Waals surface area contributed by atoms with E-state index in [1.807, 2.05) is 48.5 Å². The lowest BCUT2D eigenvalue weighted by molar-refractivity contribution is -0.121. The average molecular weight is 299 g/mol. The maximum atomic E-state index is 11.9. The van der Waals surface area contributed by atoms with Crippen LogP contribution < -0.4 is 10.1 Å². The van der Waals surface area contributed by atoms with Crippen molar-refractivity contribution in [1.29, 1.82) is 0 Å². The van der Waals surface area contributed by atoms with Gasteiger partial charge >= 0.3 is 0 Å². The minimum absolute atomic E-state index is 0.00411. The number of aliphatic hydroxyl groups excluding tert-OH is 1. The van der Waals surface area contributed by atoms with Crippen LogP contribution in [0.2, 0.25) is 0 Å². The Hall–Kier alpha value is -2.33. The van der Waals surface area contributed by atoms with E-state index in [1.54, 1.807) is 7.11 Å². The molecule has 4 heteroatoms. The van der Waals surface area contributed by atoms with E-state index >= 15 is 0 Å². The lowest BCUT2D eigenvalue weighted by Gasteiger charge is -2.09. The van der Waals surface area contributed by atoms with E-state index in [1.165, 1.54) is 0 Å². The number of carbonyl (C=O) groups excluding carboxylic acids is 1. The Kier molecular flexibility index (Phi) is 5.98. The van der Waals surface area contributed by atoms with Crippen molar-refractivity contribution in [3.8, 4) is 5.75 Å². The van der Waals surface area contributed by atoms with E-state index < -0.39 is 0 Å². The van der Waals surface area contributed by atoms with Crippen molar-refractivity contribution >= 4 is 5.91 Å². The summed E-state index contributed by atoms with van der Waals surface area (Å²) in [6, 6.07) is 15.3. The molecule has 116 valence electrons. The molecule has 4 nitrogen and oxygen atoms in total. The molecular formula is C18H21NO3. The first kappa shape index (κ1) is 16.0. The first-order valence-electron chi connectivity index (χ1n) is 7.30. The molecule has 0 aliphatic rings. The van der Waals surface area contributed by atoms with Gasteiger partial charge in [-0.25, -0.2) is 0 Å². The third kappa shape index (κ3) is 4.60. The first-order valence-corrected chi connectivity index (χ1v) is 7.30. The van der Waals surface area contributed by atoms with Crippen LogP contribution >= 0.6 is 0 Å². The van der Waals surface area contributed by atoms with Gasteiger partial charge in [-0.1, -0.05) is 36.4 Å². The van der Waals surface area contributed by atoms with E-state index in [0.29, 0.717) is 19.4 Å². The number of hydrogen-bond donors (Lipinski definition) is 2. The summed E-state index contributed by atoms with van der Waals surface area (Å²) in [7, 11) is 1.63. The van der Waals surface area contributed by atoms with Crippen LogP contribution in [0.3, 0.4) is 0 Å². The number of nitrogens with one attached hydrogen (secondary N) is 1. The second kappa shape index (κ2) is 8.20. The van der Waals surface area contributed by atoms with Gasteiger partial charge in [-0.3, -0.25) is 4.79 Å². The number of hydrogen-bond acceptors (Lipinski definition) is 3. The van der Waals surface area contributed by atoms with E-state index in [-0.39, 0.29) is 12.5 Å². The van der Waals surface area contributed by atoms with Gasteiger partial charge in [-0.15, -0.1) is 0 Å². The summed E-state index contributed by atoms with van der Waals surface area (Å²) in [4.78, 5) is 11.9. The minimum Gasteiger partial charge on any atom is -0.497 e. The van der Waals surface area contributed by atoms with E-state index in [9.17, 15) is 9.90 Å². The molecule has 0 radical (unpaired) electrons. The number of ether oxygens (including phenoxy) is 1. The average Bonchev–Trinajstić information content (AvgIpc) is 2.58. The summed E-state index contributed by atoms with van der Waals surface area (Å²) in [5.74, 6) is 0.797. The van der Waals surface area contributed by atoms with Crippen LogP contribution in [0.5, 0.6) is 5.75 Å². The number of aryl methyl sites for hydroxylation is 1. The maximum Gasteiger partial charge on any atom is 0.220 e. The third-order valence-corrected chi connectivity index (χ3v) is 3.54. The SMILES string of the molecule is COc1cccc(CCC(=O)NCc2ccccc2CO)c1. The molecule has 0 fully saturated rings. The van der Waals surface area contributed by atoms with Crippen LogP contribution in [-0.2, 0) is 24.4 Å². The highest BCUT2D eigenvalue weighted by atomic mass is 16.5. The second-order valence-electron chi connectivity index (χ2n) is 5.06. The Bertz CT molecular complexity index is 625. The van der Waals surface area contributed by atoms with Gasteiger partial charge in [0.25, 0.3) is 0 Å². The number of methoxy groups -OCH3 is 1. The summed E-state index contributed by atoms with van der Waals surface area (Å²) < 4.78 is 5.17. The molecule has 2 N–H and O–H groups in total. The summed E-state index contributed by atoms with van der Waals surface area (Å²) in [6.45, 7) is 0.420. The molecule has 2 aromatic carbocycles. The molecular weight excluding hydrogens is 278 g/mol. The number of rotatable bonds is 7. The van der Waals surface area contributed by atoms with Gasteiger partial charge in [0, 0.05) is 13.0 Å². The monoisotopic (exact) mass is 299 g/mol. The topological polar surface area (TPSA) is 58.6 Å². The molecule has 0 saturated heterocycles. The van der Waals surface area contributed by atoms with Crippen LogP contribution in [0.1, 0.15) is 23.1 Å². The van der Waals surface area contributed by atoms with Gasteiger partial charge < -0.3 is 15.2 Å². The number of aliphatic hydroxyl groups is 1. The van der Waals surface area contributed by atoms with Crippen LogP contribution in [0.25, 0.3) is 0 Å². The molecule has 0 bridgehead atoms. The van der Waals surface area contributed by atoms with Crippen molar-refractivity contribution in [2.75, 3.05) is 7.11 Å². The maximum absolute atomic E-state index is 11.9. The fourth-order valence-corrected chi connectivity index (χ4v) is 2.25. The lowest BCUT2D eigenvalue weighted by atomic mass is 10.1. The summed E-state index contributed by atoms with van der Waals surface area (Å²) in [5.41, 5.74) is 2.86. The fourth-order valence-electron chi connectivity index (χ4n) is 2.25. The first-order chi connectivity index (χ1) is 10.7. The van der Waals surface area contributed by atoms with Gasteiger partial charge in [-0.05, 0) is 35.2 Å². The quantitative estimate of drug-likeness (QED) is 0.825. The molecule has 0 atom stereocenters. The third-order valence-electron chi connectivity index (χ3n) is 3.54. The van der Waals surface area contributed by atoms with Crippen LogP contribution in [0, 0.1) is 0 Å². The van der Waals surface area contributed by atoms with Crippen molar-refractivity contribution < 1.29 is 14.6 Å². The Labute approximate surface area is 130 Å². The van der Waals surface area contributed by atoms with Gasteiger partial charge in [0.15, 0.2) is 0 Å². The predicted octanol–water partition coefficient (Wildman–Crippen LogP) is 2.44.